The second-order valence-electron chi connectivity index (χ2n) is 4.53. The topological polar surface area (TPSA) is 73.1 Å². The fourth-order valence-electron chi connectivity index (χ4n) is 1.83. The number of carbonyl (C=O) groups is 1. The molecular formula is C18H14N2O3. The van der Waals surface area contributed by atoms with E-state index in [9.17, 15) is 14.9 Å². The van der Waals surface area contributed by atoms with Crippen LogP contribution in [0.5, 0.6) is 0 Å². The molecule has 0 fully saturated rings. The van der Waals surface area contributed by atoms with Crippen LogP contribution in [0, 0.1) is 10.1 Å². The minimum Gasteiger partial charge on any atom is -0.289 e. The molecule has 23 heavy (non-hydrogen) atoms. The Balaban J connectivity index is 0.000000268. The van der Waals surface area contributed by atoms with Crippen molar-refractivity contribution in [1.29, 1.82) is 0 Å². The van der Waals surface area contributed by atoms with Gasteiger partial charge in [0.05, 0.1) is 4.92 Å². The van der Waals surface area contributed by atoms with E-state index in [0.29, 0.717) is 11.1 Å². The second kappa shape index (κ2) is 8.19. The van der Waals surface area contributed by atoms with Crippen molar-refractivity contribution in [1.82, 2.24) is 4.98 Å². The molecule has 0 amide bonds. The number of hydrogen-bond acceptors (Lipinski definition) is 4. The number of rotatable bonds is 3. The van der Waals surface area contributed by atoms with Gasteiger partial charge in [0.15, 0.2) is 5.78 Å². The highest BCUT2D eigenvalue weighted by Gasteiger charge is 2.12. The minimum atomic E-state index is -0.512. The molecule has 5 heteroatoms. The molecule has 0 saturated carbocycles. The first-order valence-electron chi connectivity index (χ1n) is 6.87. The van der Waals surface area contributed by atoms with E-state index in [4.69, 9.17) is 0 Å². The van der Waals surface area contributed by atoms with Crippen molar-refractivity contribution in [2.75, 3.05) is 0 Å². The van der Waals surface area contributed by atoms with E-state index >= 15 is 0 Å². The second-order valence-corrected chi connectivity index (χ2v) is 4.53. The van der Waals surface area contributed by atoms with Crippen LogP contribution in [0.15, 0.2) is 85.2 Å². The molecule has 3 rings (SSSR count). The summed E-state index contributed by atoms with van der Waals surface area (Å²) in [7, 11) is 0. The van der Waals surface area contributed by atoms with Gasteiger partial charge in [-0.15, -0.1) is 0 Å². The third-order valence-electron chi connectivity index (χ3n) is 2.92. The first-order chi connectivity index (χ1) is 11.2. The Morgan fingerprint density at radius 2 is 1.43 bits per heavy atom. The maximum absolute atomic E-state index is 12.0. The van der Waals surface area contributed by atoms with Crippen molar-refractivity contribution in [3.63, 3.8) is 0 Å². The molecule has 3 aromatic rings. The fourth-order valence-corrected chi connectivity index (χ4v) is 1.83. The third-order valence-corrected chi connectivity index (χ3v) is 2.92. The van der Waals surface area contributed by atoms with Gasteiger partial charge in [-0.3, -0.25) is 19.9 Å². The predicted octanol–water partition coefficient (Wildman–Crippen LogP) is 3.91. The molecule has 0 aliphatic rings. The van der Waals surface area contributed by atoms with E-state index < -0.39 is 4.92 Å². The van der Waals surface area contributed by atoms with Crippen molar-refractivity contribution in [3.05, 3.63) is 106 Å². The van der Waals surface area contributed by atoms with Gasteiger partial charge in [0.25, 0.3) is 5.69 Å². The lowest BCUT2D eigenvalue weighted by atomic mass is 10.0. The Labute approximate surface area is 133 Å². The largest absolute Gasteiger partial charge is 0.289 e. The average Bonchev–Trinajstić information content (AvgIpc) is 2.64. The zero-order valence-corrected chi connectivity index (χ0v) is 12.2. The number of nitrogens with zero attached hydrogens (tertiary/aromatic N) is 2. The van der Waals surface area contributed by atoms with Crippen LogP contribution in [0.3, 0.4) is 0 Å². The average molecular weight is 306 g/mol. The van der Waals surface area contributed by atoms with Crippen LogP contribution in [0.4, 0.5) is 5.69 Å². The summed E-state index contributed by atoms with van der Waals surface area (Å²) in [6, 6.07) is 20.1. The molecule has 0 N–H and O–H groups in total. The number of aromatic nitrogens is 1. The zero-order chi connectivity index (χ0) is 16.5. The molecule has 0 radical (unpaired) electrons. The summed E-state index contributed by atoms with van der Waals surface area (Å²) in [5, 5.41) is 10.6. The van der Waals surface area contributed by atoms with Gasteiger partial charge >= 0.3 is 0 Å². The van der Waals surface area contributed by atoms with Crippen LogP contribution in [0.2, 0.25) is 0 Å². The maximum Gasteiger partial charge on any atom is 0.270 e. The van der Waals surface area contributed by atoms with Crippen molar-refractivity contribution in [2.45, 2.75) is 0 Å². The first-order valence-corrected chi connectivity index (χ1v) is 6.87. The molecular weight excluding hydrogens is 292 g/mol. The van der Waals surface area contributed by atoms with E-state index in [0.717, 1.165) is 0 Å². The van der Waals surface area contributed by atoms with Gasteiger partial charge in [0, 0.05) is 35.7 Å². The molecule has 0 aliphatic carbocycles. The molecule has 0 aliphatic heterocycles. The Hall–Kier alpha value is -3.34. The Kier molecular flexibility index (Phi) is 5.71. The molecule has 0 spiro atoms. The van der Waals surface area contributed by atoms with Crippen LogP contribution in [0.1, 0.15) is 15.9 Å². The van der Waals surface area contributed by atoms with E-state index in [1.165, 1.54) is 18.2 Å². The van der Waals surface area contributed by atoms with Crippen LogP contribution in [-0.4, -0.2) is 15.7 Å². The van der Waals surface area contributed by atoms with Crippen LogP contribution >= 0.6 is 0 Å². The van der Waals surface area contributed by atoms with Crippen LogP contribution in [-0.2, 0) is 0 Å². The molecule has 0 atom stereocenters. The summed E-state index contributed by atoms with van der Waals surface area (Å²) in [6.45, 7) is 0. The van der Waals surface area contributed by atoms with E-state index in [1.807, 2.05) is 24.3 Å². The monoisotopic (exact) mass is 306 g/mol. The van der Waals surface area contributed by atoms with Crippen molar-refractivity contribution in [2.24, 2.45) is 0 Å². The number of nitro benzene ring substituents is 1. The Morgan fingerprint density at radius 3 is 1.96 bits per heavy atom. The Bertz CT molecular complexity index is 748. The number of pyridine rings is 1. The summed E-state index contributed by atoms with van der Waals surface area (Å²) in [4.78, 5) is 25.9. The van der Waals surface area contributed by atoms with Crippen molar-refractivity contribution in [3.8, 4) is 0 Å². The predicted molar refractivity (Wildman–Crippen MR) is 87.2 cm³/mol. The van der Waals surface area contributed by atoms with Gasteiger partial charge in [-0.1, -0.05) is 48.5 Å². The number of carbonyl (C=O) groups excluding carboxylic acids is 1. The zero-order valence-electron chi connectivity index (χ0n) is 12.2. The maximum atomic E-state index is 12.0. The van der Waals surface area contributed by atoms with E-state index in [-0.39, 0.29) is 11.5 Å². The fraction of sp³-hybridized carbons (Fsp3) is 0. The minimum absolute atomic E-state index is 0.0771. The molecule has 5 nitrogen and oxygen atoms in total. The SMILES string of the molecule is O=C(c1ccccc1)c1cccc([N+](=O)[O-])c1.c1ccncc1. The summed E-state index contributed by atoms with van der Waals surface area (Å²) in [5.41, 5.74) is 0.769. The van der Waals surface area contributed by atoms with Gasteiger partial charge in [0.2, 0.25) is 0 Å². The highest BCUT2D eigenvalue weighted by molar-refractivity contribution is 6.09. The Morgan fingerprint density at radius 1 is 0.826 bits per heavy atom. The standard InChI is InChI=1S/C13H9NO3.C5H5N/c15-13(10-5-2-1-3-6-10)11-7-4-8-12(9-11)14(16)17;1-2-4-6-5-3-1/h1-9H;1-5H. The lowest BCUT2D eigenvalue weighted by Crippen LogP contribution is -2.01. The summed E-state index contributed by atoms with van der Waals surface area (Å²) < 4.78 is 0. The summed E-state index contributed by atoms with van der Waals surface area (Å²) in [5.74, 6) is -0.214. The van der Waals surface area contributed by atoms with E-state index in [2.05, 4.69) is 4.98 Å². The van der Waals surface area contributed by atoms with Gasteiger partial charge in [0.1, 0.15) is 0 Å². The highest BCUT2D eigenvalue weighted by atomic mass is 16.6. The molecule has 1 aromatic heterocycles. The van der Waals surface area contributed by atoms with Crippen LogP contribution < -0.4 is 0 Å². The summed E-state index contributed by atoms with van der Waals surface area (Å²) >= 11 is 0. The molecule has 0 unspecified atom stereocenters. The lowest BCUT2D eigenvalue weighted by molar-refractivity contribution is -0.384. The third kappa shape index (κ3) is 4.86. The lowest BCUT2D eigenvalue weighted by Gasteiger charge is -2.00. The van der Waals surface area contributed by atoms with Gasteiger partial charge in [-0.25, -0.2) is 0 Å². The smallest absolute Gasteiger partial charge is 0.270 e. The normalized spacial score (nSPS) is 9.39. The number of benzene rings is 2. The number of non-ortho nitro benzene ring substituents is 1. The number of nitro groups is 1. The summed E-state index contributed by atoms with van der Waals surface area (Å²) in [6.07, 6.45) is 3.50. The highest BCUT2D eigenvalue weighted by Crippen LogP contribution is 2.16. The molecule has 0 saturated heterocycles. The number of ketones is 1. The van der Waals surface area contributed by atoms with Crippen LogP contribution in [0.25, 0.3) is 0 Å². The van der Waals surface area contributed by atoms with Gasteiger partial charge in [-0.2, -0.15) is 0 Å². The quantitative estimate of drug-likeness (QED) is 0.418. The van der Waals surface area contributed by atoms with Crippen molar-refractivity contribution >= 4 is 11.5 Å². The molecule has 114 valence electrons. The number of hydrogen-bond donors (Lipinski definition) is 0. The molecule has 2 aromatic carbocycles. The van der Waals surface area contributed by atoms with Gasteiger partial charge in [-0.05, 0) is 12.1 Å². The van der Waals surface area contributed by atoms with Gasteiger partial charge < -0.3 is 0 Å². The van der Waals surface area contributed by atoms with Crippen molar-refractivity contribution < 1.29 is 9.72 Å². The molecule has 1 heterocycles. The molecule has 0 bridgehead atoms. The van der Waals surface area contributed by atoms with E-state index in [1.54, 1.807) is 42.7 Å². The first kappa shape index (κ1) is 16.0.